The first-order valence-electron chi connectivity index (χ1n) is 7.33. The van der Waals surface area contributed by atoms with E-state index in [2.05, 4.69) is 55.6 Å². The highest BCUT2D eigenvalue weighted by molar-refractivity contribution is 6.30. The Labute approximate surface area is 127 Å². The summed E-state index contributed by atoms with van der Waals surface area (Å²) < 4.78 is 0. The molecular weight excluding hydrogens is 266 g/mol. The average Bonchev–Trinajstić information content (AvgIpc) is 2.46. The second-order valence-corrected chi connectivity index (χ2v) is 5.47. The van der Waals surface area contributed by atoms with E-state index in [0.29, 0.717) is 0 Å². The van der Waals surface area contributed by atoms with Crippen molar-refractivity contribution in [3.05, 3.63) is 58.6 Å². The number of nitrogens with one attached hydrogen (secondary N) is 1. The maximum atomic E-state index is 6.18. The summed E-state index contributed by atoms with van der Waals surface area (Å²) in [5, 5.41) is 4.18. The molecule has 0 unspecified atom stereocenters. The van der Waals surface area contributed by atoms with Crippen molar-refractivity contribution >= 4 is 11.6 Å². The van der Waals surface area contributed by atoms with Crippen molar-refractivity contribution in [2.75, 3.05) is 6.54 Å². The summed E-state index contributed by atoms with van der Waals surface area (Å²) in [6, 6.07) is 14.9. The minimum atomic E-state index is 0.793. The van der Waals surface area contributed by atoms with Crippen LogP contribution in [0.25, 0.3) is 11.1 Å². The molecule has 0 spiro atoms. The summed E-state index contributed by atoms with van der Waals surface area (Å²) >= 11 is 6.18. The molecule has 106 valence electrons. The van der Waals surface area contributed by atoms with Crippen LogP contribution in [0, 0.1) is 0 Å². The van der Waals surface area contributed by atoms with Crippen molar-refractivity contribution in [2.45, 2.75) is 33.2 Å². The summed E-state index contributed by atoms with van der Waals surface area (Å²) in [5.41, 5.74) is 5.17. The van der Waals surface area contributed by atoms with Gasteiger partial charge < -0.3 is 5.32 Å². The third kappa shape index (κ3) is 3.84. The van der Waals surface area contributed by atoms with Gasteiger partial charge in [0.25, 0.3) is 0 Å². The van der Waals surface area contributed by atoms with Crippen molar-refractivity contribution in [2.24, 2.45) is 0 Å². The standard InChI is InChI=1S/C18H22ClN/c1-3-6-14-7-5-8-15(11-14)18-12-17(19)10-9-16(18)13-20-4-2/h5,7-12,20H,3-4,6,13H2,1-2H3. The van der Waals surface area contributed by atoms with Gasteiger partial charge in [0, 0.05) is 11.6 Å². The van der Waals surface area contributed by atoms with Gasteiger partial charge in [0.2, 0.25) is 0 Å². The highest BCUT2D eigenvalue weighted by Crippen LogP contribution is 2.28. The molecule has 1 N–H and O–H groups in total. The molecule has 1 nitrogen and oxygen atoms in total. The van der Waals surface area contributed by atoms with E-state index in [-0.39, 0.29) is 0 Å². The predicted octanol–water partition coefficient (Wildman–Crippen LogP) is 5.07. The molecule has 2 aromatic rings. The Bertz CT molecular complexity index is 563. The minimum absolute atomic E-state index is 0.793. The fourth-order valence-electron chi connectivity index (χ4n) is 2.41. The van der Waals surface area contributed by atoms with Crippen LogP contribution < -0.4 is 5.32 Å². The zero-order valence-corrected chi connectivity index (χ0v) is 13.0. The highest BCUT2D eigenvalue weighted by atomic mass is 35.5. The number of benzene rings is 2. The van der Waals surface area contributed by atoms with Gasteiger partial charge in [-0.2, -0.15) is 0 Å². The minimum Gasteiger partial charge on any atom is -0.313 e. The molecule has 0 fully saturated rings. The highest BCUT2D eigenvalue weighted by Gasteiger charge is 2.06. The van der Waals surface area contributed by atoms with E-state index < -0.39 is 0 Å². The Morgan fingerprint density at radius 1 is 1.05 bits per heavy atom. The zero-order chi connectivity index (χ0) is 14.4. The van der Waals surface area contributed by atoms with Crippen molar-refractivity contribution in [3.63, 3.8) is 0 Å². The first-order chi connectivity index (χ1) is 9.74. The number of rotatable bonds is 6. The van der Waals surface area contributed by atoms with Crippen LogP contribution in [0.2, 0.25) is 5.02 Å². The van der Waals surface area contributed by atoms with Gasteiger partial charge in [-0.05, 0) is 47.4 Å². The molecule has 0 radical (unpaired) electrons. The molecule has 0 saturated carbocycles. The second-order valence-electron chi connectivity index (χ2n) is 5.03. The lowest BCUT2D eigenvalue weighted by Crippen LogP contribution is -2.12. The quantitative estimate of drug-likeness (QED) is 0.782. The summed E-state index contributed by atoms with van der Waals surface area (Å²) in [6.07, 6.45) is 2.29. The Morgan fingerprint density at radius 3 is 2.65 bits per heavy atom. The van der Waals surface area contributed by atoms with Crippen LogP contribution in [0.5, 0.6) is 0 Å². The van der Waals surface area contributed by atoms with Gasteiger partial charge in [-0.15, -0.1) is 0 Å². The zero-order valence-electron chi connectivity index (χ0n) is 12.2. The summed E-state index contributed by atoms with van der Waals surface area (Å²) in [4.78, 5) is 0. The molecule has 0 saturated heterocycles. The van der Waals surface area contributed by atoms with E-state index in [1.807, 2.05) is 6.07 Å². The van der Waals surface area contributed by atoms with Crippen molar-refractivity contribution in [1.82, 2.24) is 5.32 Å². The average molecular weight is 288 g/mol. The normalized spacial score (nSPS) is 10.8. The predicted molar refractivity (Wildman–Crippen MR) is 88.3 cm³/mol. The number of halogens is 1. The molecule has 0 amide bonds. The third-order valence-electron chi connectivity index (χ3n) is 3.41. The molecule has 0 aliphatic rings. The smallest absolute Gasteiger partial charge is 0.0412 e. The fourth-order valence-corrected chi connectivity index (χ4v) is 2.59. The molecule has 2 heteroatoms. The fraction of sp³-hybridized carbons (Fsp3) is 0.333. The SMILES string of the molecule is CCCc1cccc(-c2cc(Cl)ccc2CNCC)c1. The van der Waals surface area contributed by atoms with Crippen LogP contribution in [0.4, 0.5) is 0 Å². The number of hydrogen-bond donors (Lipinski definition) is 1. The summed E-state index contributed by atoms with van der Waals surface area (Å²) in [5.74, 6) is 0. The van der Waals surface area contributed by atoms with Gasteiger partial charge in [0.05, 0.1) is 0 Å². The van der Waals surface area contributed by atoms with Gasteiger partial charge in [0.1, 0.15) is 0 Å². The van der Waals surface area contributed by atoms with Crippen LogP contribution in [0.15, 0.2) is 42.5 Å². The van der Waals surface area contributed by atoms with Gasteiger partial charge in [-0.3, -0.25) is 0 Å². The lowest BCUT2D eigenvalue weighted by molar-refractivity contribution is 0.728. The lowest BCUT2D eigenvalue weighted by Gasteiger charge is -2.12. The topological polar surface area (TPSA) is 12.0 Å². The lowest BCUT2D eigenvalue weighted by atomic mass is 9.97. The Hall–Kier alpha value is -1.31. The van der Waals surface area contributed by atoms with Crippen LogP contribution in [-0.2, 0) is 13.0 Å². The molecular formula is C18H22ClN. The molecule has 20 heavy (non-hydrogen) atoms. The van der Waals surface area contributed by atoms with Crippen molar-refractivity contribution in [1.29, 1.82) is 0 Å². The van der Waals surface area contributed by atoms with E-state index in [0.717, 1.165) is 24.5 Å². The number of aryl methyl sites for hydroxylation is 1. The van der Waals surface area contributed by atoms with E-state index >= 15 is 0 Å². The van der Waals surface area contributed by atoms with Gasteiger partial charge in [-0.25, -0.2) is 0 Å². The molecule has 2 rings (SSSR count). The molecule has 0 atom stereocenters. The van der Waals surface area contributed by atoms with E-state index in [1.165, 1.54) is 28.7 Å². The molecule has 0 heterocycles. The monoisotopic (exact) mass is 287 g/mol. The first-order valence-corrected chi connectivity index (χ1v) is 7.70. The van der Waals surface area contributed by atoms with Gasteiger partial charge in [0.15, 0.2) is 0 Å². The number of hydrogen-bond acceptors (Lipinski definition) is 1. The largest absolute Gasteiger partial charge is 0.313 e. The summed E-state index contributed by atoms with van der Waals surface area (Å²) in [6.45, 7) is 6.18. The molecule has 0 aromatic heterocycles. The first kappa shape index (κ1) is 15.1. The van der Waals surface area contributed by atoms with Crippen LogP contribution in [-0.4, -0.2) is 6.54 Å². The molecule has 0 bridgehead atoms. The van der Waals surface area contributed by atoms with Crippen LogP contribution in [0.3, 0.4) is 0 Å². The maximum absolute atomic E-state index is 6.18. The second kappa shape index (κ2) is 7.47. The van der Waals surface area contributed by atoms with Crippen LogP contribution >= 0.6 is 11.6 Å². The Balaban J connectivity index is 2.39. The van der Waals surface area contributed by atoms with E-state index in [4.69, 9.17) is 11.6 Å². The molecule has 0 aliphatic carbocycles. The van der Waals surface area contributed by atoms with Crippen molar-refractivity contribution in [3.8, 4) is 11.1 Å². The van der Waals surface area contributed by atoms with Crippen molar-refractivity contribution < 1.29 is 0 Å². The van der Waals surface area contributed by atoms with Gasteiger partial charge >= 0.3 is 0 Å². The maximum Gasteiger partial charge on any atom is 0.0412 e. The molecule has 2 aromatic carbocycles. The van der Waals surface area contributed by atoms with E-state index in [9.17, 15) is 0 Å². The van der Waals surface area contributed by atoms with E-state index in [1.54, 1.807) is 0 Å². The van der Waals surface area contributed by atoms with Crippen LogP contribution in [0.1, 0.15) is 31.4 Å². The summed E-state index contributed by atoms with van der Waals surface area (Å²) in [7, 11) is 0. The molecule has 0 aliphatic heterocycles. The third-order valence-corrected chi connectivity index (χ3v) is 3.65. The Kier molecular flexibility index (Phi) is 5.63. The van der Waals surface area contributed by atoms with Gasteiger partial charge in [-0.1, -0.05) is 62.2 Å². The Morgan fingerprint density at radius 2 is 1.90 bits per heavy atom.